The van der Waals surface area contributed by atoms with Crippen molar-refractivity contribution in [3.8, 4) is 0 Å². The highest BCUT2D eigenvalue weighted by molar-refractivity contribution is 6.15. The first-order chi connectivity index (χ1) is 9.58. The van der Waals surface area contributed by atoms with Gasteiger partial charge in [0.15, 0.2) is 0 Å². The predicted molar refractivity (Wildman–Crippen MR) is 75.8 cm³/mol. The van der Waals surface area contributed by atoms with Gasteiger partial charge in [-0.05, 0) is 18.6 Å². The maximum absolute atomic E-state index is 11.3. The lowest BCUT2D eigenvalue weighted by Gasteiger charge is -2.03. The molecule has 0 unspecified atom stereocenters. The summed E-state index contributed by atoms with van der Waals surface area (Å²) in [4.78, 5) is 11.3. The number of hydroxylamine groups is 1. The number of benzene rings is 1. The molecule has 5 heteroatoms. The second-order valence-corrected chi connectivity index (χ2v) is 3.99. The highest BCUT2D eigenvalue weighted by Gasteiger charge is 2.09. The smallest absolute Gasteiger partial charge is 0.336 e. The third-order valence-corrected chi connectivity index (χ3v) is 2.51. The van der Waals surface area contributed by atoms with Gasteiger partial charge in [-0.15, -0.1) is 0 Å². The van der Waals surface area contributed by atoms with E-state index in [0.717, 1.165) is 0 Å². The summed E-state index contributed by atoms with van der Waals surface area (Å²) in [6.45, 7) is 1.76. The van der Waals surface area contributed by atoms with Gasteiger partial charge in [0, 0.05) is 6.08 Å². The Labute approximate surface area is 117 Å². The zero-order valence-electron chi connectivity index (χ0n) is 11.3. The van der Waals surface area contributed by atoms with E-state index in [-0.39, 0.29) is 11.5 Å². The fraction of sp³-hybridized carbons (Fsp3) is 0.133. The predicted octanol–water partition coefficient (Wildman–Crippen LogP) is 2.57. The van der Waals surface area contributed by atoms with Crippen LogP contribution in [0.25, 0.3) is 5.57 Å². The van der Waals surface area contributed by atoms with Crippen molar-refractivity contribution in [3.05, 3.63) is 65.6 Å². The zero-order chi connectivity index (χ0) is 15.0. The Morgan fingerprint density at radius 2 is 1.90 bits per heavy atom. The Bertz CT molecular complexity index is 538. The van der Waals surface area contributed by atoms with Crippen molar-refractivity contribution >= 4 is 11.5 Å². The first-order valence-electron chi connectivity index (χ1n) is 5.91. The number of rotatable bonds is 6. The van der Waals surface area contributed by atoms with Crippen molar-refractivity contribution in [1.29, 1.82) is 0 Å². The number of aliphatic carboxylic acids is 1. The highest BCUT2D eigenvalue weighted by atomic mass is 16.6. The molecule has 0 aliphatic heterocycles. The molecule has 0 atom stereocenters. The van der Waals surface area contributed by atoms with E-state index in [1.807, 2.05) is 11.5 Å². The third kappa shape index (κ3) is 4.62. The molecule has 5 nitrogen and oxygen atoms in total. The summed E-state index contributed by atoms with van der Waals surface area (Å²) < 4.78 is 4.81. The number of methoxy groups -OCH3 is 1. The zero-order valence-corrected chi connectivity index (χ0v) is 11.3. The van der Waals surface area contributed by atoms with Crippen molar-refractivity contribution < 1.29 is 19.8 Å². The number of nitrogens with one attached hydrogen (secondary N) is 1. The van der Waals surface area contributed by atoms with Crippen LogP contribution in [0.3, 0.4) is 0 Å². The molecule has 0 amide bonds. The second-order valence-electron chi connectivity index (χ2n) is 3.99. The van der Waals surface area contributed by atoms with Crippen molar-refractivity contribution in [2.75, 3.05) is 7.11 Å². The SMILES string of the molecule is CO/C(=C/C=C(C)/C=C(/C(=O)O)c1ccccc1)NO. The molecule has 0 saturated carbocycles. The van der Waals surface area contributed by atoms with Crippen LogP contribution in [0.15, 0.2) is 60.0 Å². The molecule has 0 aliphatic rings. The Morgan fingerprint density at radius 1 is 1.25 bits per heavy atom. The quantitative estimate of drug-likeness (QED) is 0.322. The van der Waals surface area contributed by atoms with Gasteiger partial charge >= 0.3 is 5.97 Å². The Kier molecular flexibility index (Phi) is 6.06. The van der Waals surface area contributed by atoms with E-state index in [0.29, 0.717) is 11.1 Å². The minimum Gasteiger partial charge on any atom is -0.481 e. The number of carbonyl (C=O) groups is 1. The number of ether oxygens (including phenoxy) is 1. The summed E-state index contributed by atoms with van der Waals surface area (Å²) in [5.74, 6) is -0.838. The van der Waals surface area contributed by atoms with Gasteiger partial charge in [0.25, 0.3) is 0 Å². The molecule has 106 valence electrons. The van der Waals surface area contributed by atoms with Gasteiger partial charge in [-0.1, -0.05) is 42.0 Å². The van der Waals surface area contributed by atoms with E-state index >= 15 is 0 Å². The normalized spacial score (nSPS) is 13.1. The lowest BCUT2D eigenvalue weighted by atomic mass is 10.0. The maximum Gasteiger partial charge on any atom is 0.336 e. The van der Waals surface area contributed by atoms with E-state index in [4.69, 9.17) is 9.94 Å². The fourth-order valence-corrected chi connectivity index (χ4v) is 1.52. The van der Waals surface area contributed by atoms with E-state index in [2.05, 4.69) is 0 Å². The molecule has 0 fully saturated rings. The van der Waals surface area contributed by atoms with E-state index in [1.54, 1.807) is 43.3 Å². The van der Waals surface area contributed by atoms with Crippen LogP contribution in [0.4, 0.5) is 0 Å². The summed E-state index contributed by atoms with van der Waals surface area (Å²) in [7, 11) is 1.40. The van der Waals surface area contributed by atoms with Gasteiger partial charge in [0.2, 0.25) is 5.88 Å². The topological polar surface area (TPSA) is 78.8 Å². The second kappa shape index (κ2) is 7.81. The average molecular weight is 275 g/mol. The van der Waals surface area contributed by atoms with Crippen LogP contribution in [0, 0.1) is 0 Å². The highest BCUT2D eigenvalue weighted by Crippen LogP contribution is 2.16. The molecule has 0 aliphatic carbocycles. The summed E-state index contributed by atoms with van der Waals surface area (Å²) in [5.41, 5.74) is 3.40. The van der Waals surface area contributed by atoms with Crippen LogP contribution in [-0.2, 0) is 9.53 Å². The molecule has 0 bridgehead atoms. The largest absolute Gasteiger partial charge is 0.481 e. The van der Waals surface area contributed by atoms with Crippen LogP contribution in [0.5, 0.6) is 0 Å². The van der Waals surface area contributed by atoms with Gasteiger partial charge in [-0.25, -0.2) is 10.3 Å². The van der Waals surface area contributed by atoms with Gasteiger partial charge < -0.3 is 9.84 Å². The first-order valence-corrected chi connectivity index (χ1v) is 5.91. The molecule has 1 aromatic rings. The number of allylic oxidation sites excluding steroid dienone is 4. The van der Waals surface area contributed by atoms with Crippen molar-refractivity contribution in [2.24, 2.45) is 0 Å². The fourth-order valence-electron chi connectivity index (χ4n) is 1.52. The molecule has 0 radical (unpaired) electrons. The molecular weight excluding hydrogens is 258 g/mol. The van der Waals surface area contributed by atoms with Gasteiger partial charge in [0.05, 0.1) is 12.7 Å². The Balaban J connectivity index is 3.07. The molecule has 1 rings (SSSR count). The van der Waals surface area contributed by atoms with E-state index in [9.17, 15) is 9.90 Å². The van der Waals surface area contributed by atoms with Gasteiger partial charge in [-0.3, -0.25) is 5.21 Å². The lowest BCUT2D eigenvalue weighted by Crippen LogP contribution is -2.07. The number of hydrogen-bond donors (Lipinski definition) is 3. The monoisotopic (exact) mass is 275 g/mol. The number of carboxylic acid groups (broad SMARTS) is 1. The molecule has 0 heterocycles. The van der Waals surface area contributed by atoms with Gasteiger partial charge in [0.1, 0.15) is 0 Å². The third-order valence-electron chi connectivity index (χ3n) is 2.51. The van der Waals surface area contributed by atoms with Crippen LogP contribution in [0.2, 0.25) is 0 Å². The molecular formula is C15H17NO4. The average Bonchev–Trinajstić information content (AvgIpc) is 2.46. The molecule has 1 aromatic carbocycles. The summed E-state index contributed by atoms with van der Waals surface area (Å²) in [6.07, 6.45) is 4.68. The minimum absolute atomic E-state index is 0.161. The minimum atomic E-state index is -1.000. The first kappa shape index (κ1) is 15.5. The maximum atomic E-state index is 11.3. The molecule has 0 aromatic heterocycles. The van der Waals surface area contributed by atoms with Crippen LogP contribution < -0.4 is 5.48 Å². The summed E-state index contributed by atoms with van der Waals surface area (Å²) >= 11 is 0. The van der Waals surface area contributed by atoms with Crippen molar-refractivity contribution in [3.63, 3.8) is 0 Å². The Hall–Kier alpha value is -2.53. The lowest BCUT2D eigenvalue weighted by molar-refractivity contribution is -0.130. The van der Waals surface area contributed by atoms with Crippen LogP contribution in [-0.4, -0.2) is 23.4 Å². The van der Waals surface area contributed by atoms with Crippen LogP contribution in [0.1, 0.15) is 12.5 Å². The number of hydrogen-bond acceptors (Lipinski definition) is 4. The molecule has 0 spiro atoms. The van der Waals surface area contributed by atoms with Crippen molar-refractivity contribution in [1.82, 2.24) is 5.48 Å². The van der Waals surface area contributed by atoms with Crippen molar-refractivity contribution in [2.45, 2.75) is 6.92 Å². The molecule has 0 saturated heterocycles. The standard InChI is InChI=1S/C15H17NO4/c1-11(8-9-14(16-19)20-2)10-13(15(17)18)12-6-4-3-5-7-12/h3-10,16,19H,1-2H3,(H,17,18)/b11-8+,13-10+,14-9+. The van der Waals surface area contributed by atoms with Crippen LogP contribution >= 0.6 is 0 Å². The Morgan fingerprint density at radius 3 is 2.40 bits per heavy atom. The molecule has 20 heavy (non-hydrogen) atoms. The van der Waals surface area contributed by atoms with E-state index < -0.39 is 5.97 Å². The summed E-state index contributed by atoms with van der Waals surface area (Å²) in [6, 6.07) is 8.86. The summed E-state index contributed by atoms with van der Waals surface area (Å²) in [5, 5.41) is 18.0. The van der Waals surface area contributed by atoms with Gasteiger partial charge in [-0.2, -0.15) is 0 Å². The number of carboxylic acids is 1. The van der Waals surface area contributed by atoms with E-state index in [1.165, 1.54) is 13.2 Å². The molecule has 3 N–H and O–H groups in total.